The van der Waals surface area contributed by atoms with E-state index in [2.05, 4.69) is 34.0 Å². The molecule has 1 heterocycles. The third-order valence-corrected chi connectivity index (χ3v) is 3.89. The molecular weight excluding hydrogens is 255 g/mol. The van der Waals surface area contributed by atoms with Gasteiger partial charge in [-0.1, -0.05) is 26.2 Å². The molecule has 0 saturated heterocycles. The molecule has 0 spiro atoms. The summed E-state index contributed by atoms with van der Waals surface area (Å²) in [6, 6.07) is 0.414. The third kappa shape index (κ3) is 3.58. The van der Waals surface area contributed by atoms with E-state index in [0.29, 0.717) is 17.8 Å². The van der Waals surface area contributed by atoms with E-state index in [1.165, 1.54) is 25.5 Å². The van der Waals surface area contributed by atoms with E-state index in [1.54, 1.807) is 0 Å². The van der Waals surface area contributed by atoms with Crippen LogP contribution in [-0.2, 0) is 0 Å². The van der Waals surface area contributed by atoms with Gasteiger partial charge >= 0.3 is 0 Å². The Hall–Kier alpha value is -1.39. The summed E-state index contributed by atoms with van der Waals surface area (Å²) in [5.41, 5.74) is 0. The van der Waals surface area contributed by atoms with Crippen molar-refractivity contribution < 1.29 is 4.39 Å². The van der Waals surface area contributed by atoms with Gasteiger partial charge in [0.2, 0.25) is 5.95 Å². The minimum Gasteiger partial charge on any atom is -0.354 e. The predicted molar refractivity (Wildman–Crippen MR) is 80.7 cm³/mol. The minimum absolute atomic E-state index is 0.320. The first-order valence-corrected chi connectivity index (χ1v) is 7.79. The van der Waals surface area contributed by atoms with Gasteiger partial charge < -0.3 is 10.2 Å². The number of hydrogen-bond acceptors (Lipinski definition) is 4. The average molecular weight is 280 g/mol. The number of anilines is 2. The van der Waals surface area contributed by atoms with E-state index in [0.717, 1.165) is 32.4 Å². The summed E-state index contributed by atoms with van der Waals surface area (Å²) in [6.45, 7) is 5.74. The number of aromatic nitrogens is 2. The monoisotopic (exact) mass is 280 g/mol. The normalized spacial score (nSPS) is 16.1. The van der Waals surface area contributed by atoms with Gasteiger partial charge in [-0.15, -0.1) is 0 Å². The van der Waals surface area contributed by atoms with Gasteiger partial charge in [0.05, 0.1) is 6.20 Å². The van der Waals surface area contributed by atoms with Crippen molar-refractivity contribution in [3.63, 3.8) is 0 Å². The molecule has 1 aliphatic carbocycles. The van der Waals surface area contributed by atoms with Crippen LogP contribution in [0.3, 0.4) is 0 Å². The zero-order valence-electron chi connectivity index (χ0n) is 12.5. The van der Waals surface area contributed by atoms with E-state index >= 15 is 0 Å². The molecule has 20 heavy (non-hydrogen) atoms. The van der Waals surface area contributed by atoms with Crippen molar-refractivity contribution in [2.24, 2.45) is 0 Å². The highest BCUT2D eigenvalue weighted by atomic mass is 19.1. The topological polar surface area (TPSA) is 41.1 Å². The van der Waals surface area contributed by atoms with Gasteiger partial charge in [0, 0.05) is 19.1 Å². The molecule has 1 aromatic heterocycles. The van der Waals surface area contributed by atoms with Crippen molar-refractivity contribution in [2.45, 2.75) is 58.4 Å². The van der Waals surface area contributed by atoms with Crippen LogP contribution >= 0.6 is 0 Å². The lowest BCUT2D eigenvalue weighted by molar-refractivity contribution is 0.412. The summed E-state index contributed by atoms with van der Waals surface area (Å²) < 4.78 is 14.1. The summed E-state index contributed by atoms with van der Waals surface area (Å²) in [4.78, 5) is 10.5. The van der Waals surface area contributed by atoms with Crippen molar-refractivity contribution >= 4 is 11.8 Å². The fourth-order valence-corrected chi connectivity index (χ4v) is 2.86. The smallest absolute Gasteiger partial charge is 0.224 e. The summed E-state index contributed by atoms with van der Waals surface area (Å²) >= 11 is 0. The molecule has 5 heteroatoms. The van der Waals surface area contributed by atoms with E-state index in [1.807, 2.05) is 0 Å². The molecule has 4 nitrogen and oxygen atoms in total. The lowest BCUT2D eigenvalue weighted by Crippen LogP contribution is -2.38. The molecule has 1 N–H and O–H groups in total. The second-order valence-electron chi connectivity index (χ2n) is 5.37. The van der Waals surface area contributed by atoms with Crippen LogP contribution in [0.1, 0.15) is 52.4 Å². The second-order valence-corrected chi connectivity index (χ2v) is 5.37. The van der Waals surface area contributed by atoms with Gasteiger partial charge in [0.1, 0.15) is 0 Å². The Bertz CT molecular complexity index is 418. The van der Waals surface area contributed by atoms with Crippen LogP contribution in [0.5, 0.6) is 0 Å². The number of rotatable bonds is 6. The molecule has 1 aliphatic rings. The standard InChI is InChI=1S/C15H25FN4/c1-3-10-17-15-18-11-13(16)14(19-15)20(4-2)12-8-6-5-7-9-12/h11-12H,3-10H2,1-2H3,(H,17,18,19). The summed E-state index contributed by atoms with van der Waals surface area (Å²) in [7, 11) is 0. The number of halogens is 1. The third-order valence-electron chi connectivity index (χ3n) is 3.89. The first-order valence-electron chi connectivity index (χ1n) is 7.79. The maximum Gasteiger partial charge on any atom is 0.224 e. The minimum atomic E-state index is -0.320. The molecule has 0 aliphatic heterocycles. The lowest BCUT2D eigenvalue weighted by atomic mass is 9.94. The number of nitrogens with one attached hydrogen (secondary N) is 1. The zero-order chi connectivity index (χ0) is 14.4. The Morgan fingerprint density at radius 1 is 1.30 bits per heavy atom. The van der Waals surface area contributed by atoms with Crippen LogP contribution in [0.2, 0.25) is 0 Å². The summed E-state index contributed by atoms with van der Waals surface area (Å²) in [5.74, 6) is 0.657. The zero-order valence-corrected chi connectivity index (χ0v) is 12.5. The fraction of sp³-hybridized carbons (Fsp3) is 0.733. The van der Waals surface area contributed by atoms with E-state index in [4.69, 9.17) is 0 Å². The number of hydrogen-bond donors (Lipinski definition) is 1. The SMILES string of the molecule is CCCNc1ncc(F)c(N(CC)C2CCCCC2)n1. The first-order chi connectivity index (χ1) is 9.76. The maximum atomic E-state index is 14.1. The van der Waals surface area contributed by atoms with Crippen LogP contribution in [-0.4, -0.2) is 29.1 Å². The Morgan fingerprint density at radius 2 is 2.05 bits per heavy atom. The molecular formula is C15H25FN4. The Labute approximate surface area is 120 Å². The molecule has 0 aromatic carbocycles. The Kier molecular flexibility index (Phi) is 5.56. The van der Waals surface area contributed by atoms with E-state index in [-0.39, 0.29) is 5.82 Å². The summed E-state index contributed by atoms with van der Waals surface area (Å²) in [6.07, 6.45) is 8.30. The fourth-order valence-electron chi connectivity index (χ4n) is 2.86. The molecule has 0 unspecified atom stereocenters. The molecule has 0 amide bonds. The highest BCUT2D eigenvalue weighted by Gasteiger charge is 2.24. The second kappa shape index (κ2) is 7.41. The predicted octanol–water partition coefficient (Wildman–Crippen LogP) is 3.60. The van der Waals surface area contributed by atoms with E-state index < -0.39 is 0 Å². The van der Waals surface area contributed by atoms with Gasteiger partial charge in [0.25, 0.3) is 0 Å². The molecule has 0 atom stereocenters. The van der Waals surface area contributed by atoms with Gasteiger partial charge in [-0.3, -0.25) is 0 Å². The Morgan fingerprint density at radius 3 is 2.70 bits per heavy atom. The highest BCUT2D eigenvalue weighted by Crippen LogP contribution is 2.27. The largest absolute Gasteiger partial charge is 0.354 e. The van der Waals surface area contributed by atoms with Crippen LogP contribution in [0.15, 0.2) is 6.20 Å². The van der Waals surface area contributed by atoms with Gasteiger partial charge in [0.15, 0.2) is 11.6 Å². The Balaban J connectivity index is 2.18. The van der Waals surface area contributed by atoms with Crippen molar-refractivity contribution in [3.05, 3.63) is 12.0 Å². The van der Waals surface area contributed by atoms with Gasteiger partial charge in [-0.05, 0) is 26.2 Å². The van der Waals surface area contributed by atoms with Crippen LogP contribution in [0, 0.1) is 5.82 Å². The van der Waals surface area contributed by atoms with Gasteiger partial charge in [-0.25, -0.2) is 9.37 Å². The van der Waals surface area contributed by atoms with Crippen molar-refractivity contribution in [3.8, 4) is 0 Å². The average Bonchev–Trinajstić information content (AvgIpc) is 2.49. The molecule has 1 fully saturated rings. The highest BCUT2D eigenvalue weighted by molar-refractivity contribution is 5.45. The van der Waals surface area contributed by atoms with Crippen LogP contribution in [0.25, 0.3) is 0 Å². The quantitative estimate of drug-likeness (QED) is 0.864. The molecule has 112 valence electrons. The van der Waals surface area contributed by atoms with Crippen molar-refractivity contribution in [1.82, 2.24) is 9.97 Å². The number of nitrogens with zero attached hydrogens (tertiary/aromatic N) is 3. The van der Waals surface area contributed by atoms with Crippen LogP contribution in [0.4, 0.5) is 16.2 Å². The molecule has 1 aromatic rings. The molecule has 0 bridgehead atoms. The summed E-state index contributed by atoms with van der Waals surface area (Å²) in [5, 5.41) is 3.13. The van der Waals surface area contributed by atoms with Crippen LogP contribution < -0.4 is 10.2 Å². The van der Waals surface area contributed by atoms with Gasteiger partial charge in [-0.2, -0.15) is 4.98 Å². The molecule has 2 rings (SSSR count). The molecule has 0 radical (unpaired) electrons. The van der Waals surface area contributed by atoms with E-state index in [9.17, 15) is 4.39 Å². The van der Waals surface area contributed by atoms with Crippen molar-refractivity contribution in [1.29, 1.82) is 0 Å². The maximum absolute atomic E-state index is 14.1. The first kappa shape index (κ1) is 15.0. The lowest BCUT2D eigenvalue weighted by Gasteiger charge is -2.34. The molecule has 1 saturated carbocycles. The van der Waals surface area contributed by atoms with Crippen molar-refractivity contribution in [2.75, 3.05) is 23.3 Å².